The first kappa shape index (κ1) is 26.3. The quantitative estimate of drug-likeness (QED) is 0.218. The van der Waals surface area contributed by atoms with Crippen molar-refractivity contribution in [2.45, 2.75) is 58.3 Å². The number of carbonyl (C=O) groups excluding carboxylic acids is 2. The lowest BCUT2D eigenvalue weighted by molar-refractivity contribution is -0.144. The molecule has 0 saturated carbocycles. The van der Waals surface area contributed by atoms with Crippen molar-refractivity contribution in [3.63, 3.8) is 0 Å². The second-order valence-electron chi connectivity index (χ2n) is 7.75. The summed E-state index contributed by atoms with van der Waals surface area (Å²) in [5.41, 5.74) is 1.84. The number of nitrogens with one attached hydrogen (secondary N) is 2. The van der Waals surface area contributed by atoms with E-state index in [0.29, 0.717) is 19.6 Å². The highest BCUT2D eigenvalue weighted by Crippen LogP contribution is 2.16. The third-order valence-corrected chi connectivity index (χ3v) is 5.14. The topological polar surface area (TPSA) is 76.7 Å². The van der Waals surface area contributed by atoms with E-state index in [4.69, 9.17) is 21.7 Å². The second-order valence-corrected chi connectivity index (χ2v) is 8.15. The fraction of sp³-hybridized carbons (Fsp3) is 0.423. The molecule has 1 amide bonds. The van der Waals surface area contributed by atoms with Crippen LogP contribution in [0.4, 0.5) is 5.69 Å². The molecule has 0 heterocycles. The van der Waals surface area contributed by atoms with E-state index in [1.54, 1.807) is 0 Å². The van der Waals surface area contributed by atoms with E-state index in [2.05, 4.69) is 17.6 Å². The summed E-state index contributed by atoms with van der Waals surface area (Å²) in [6.07, 6.45) is 6.67. The van der Waals surface area contributed by atoms with Crippen molar-refractivity contribution in [1.82, 2.24) is 5.32 Å². The summed E-state index contributed by atoms with van der Waals surface area (Å²) >= 11 is 5.18. The van der Waals surface area contributed by atoms with Gasteiger partial charge in [0.15, 0.2) is 5.11 Å². The molecule has 0 unspecified atom stereocenters. The van der Waals surface area contributed by atoms with Gasteiger partial charge in [0.25, 0.3) is 0 Å². The Bertz CT molecular complexity index is 856. The van der Waals surface area contributed by atoms with E-state index in [0.717, 1.165) is 23.4 Å². The number of hydrogen-bond donors (Lipinski definition) is 2. The number of carbonyl (C=O) groups is 2. The summed E-state index contributed by atoms with van der Waals surface area (Å²) in [4.78, 5) is 23.9. The number of anilines is 1. The molecule has 0 spiro atoms. The van der Waals surface area contributed by atoms with Crippen LogP contribution in [0.5, 0.6) is 5.75 Å². The van der Waals surface area contributed by atoms with Gasteiger partial charge in [-0.05, 0) is 48.5 Å². The lowest BCUT2D eigenvalue weighted by Crippen LogP contribution is -2.34. The largest absolute Gasteiger partial charge is 0.494 e. The van der Waals surface area contributed by atoms with Gasteiger partial charge in [-0.1, -0.05) is 62.9 Å². The minimum absolute atomic E-state index is 0.00766. The number of ether oxygens (including phenoxy) is 2. The lowest BCUT2D eigenvalue weighted by atomic mass is 10.2. The molecular weight excluding hydrogens is 436 g/mol. The van der Waals surface area contributed by atoms with Crippen LogP contribution in [-0.4, -0.2) is 30.2 Å². The molecule has 0 aliphatic heterocycles. The number of hydrogen-bond acceptors (Lipinski definition) is 5. The van der Waals surface area contributed by atoms with E-state index in [-0.39, 0.29) is 23.9 Å². The average Bonchev–Trinajstić information content (AvgIpc) is 2.81. The van der Waals surface area contributed by atoms with E-state index >= 15 is 0 Å². The normalized spacial score (nSPS) is 10.3. The Labute approximate surface area is 202 Å². The van der Waals surface area contributed by atoms with Crippen LogP contribution in [0.1, 0.15) is 57.4 Å². The molecule has 33 heavy (non-hydrogen) atoms. The first-order valence-electron chi connectivity index (χ1n) is 11.6. The van der Waals surface area contributed by atoms with Gasteiger partial charge in [-0.25, -0.2) is 0 Å². The number of amides is 1. The van der Waals surface area contributed by atoms with Gasteiger partial charge >= 0.3 is 5.97 Å². The number of benzene rings is 2. The van der Waals surface area contributed by atoms with Crippen LogP contribution in [0.25, 0.3) is 0 Å². The van der Waals surface area contributed by atoms with Gasteiger partial charge in [0, 0.05) is 18.5 Å². The van der Waals surface area contributed by atoms with Gasteiger partial charge in [0.1, 0.15) is 5.75 Å². The maximum Gasteiger partial charge on any atom is 0.306 e. The molecule has 178 valence electrons. The van der Waals surface area contributed by atoms with E-state index < -0.39 is 5.97 Å². The van der Waals surface area contributed by atoms with Crippen LogP contribution in [0.3, 0.4) is 0 Å². The zero-order valence-electron chi connectivity index (χ0n) is 19.3. The van der Waals surface area contributed by atoms with Crippen LogP contribution in [-0.2, 0) is 20.7 Å². The predicted molar refractivity (Wildman–Crippen MR) is 135 cm³/mol. The van der Waals surface area contributed by atoms with Crippen molar-refractivity contribution in [2.75, 3.05) is 18.5 Å². The highest BCUT2D eigenvalue weighted by molar-refractivity contribution is 7.80. The minimum atomic E-state index is -0.402. The van der Waals surface area contributed by atoms with Crippen molar-refractivity contribution in [1.29, 1.82) is 0 Å². The molecular formula is C26H34N2O4S. The van der Waals surface area contributed by atoms with Crippen LogP contribution in [0.15, 0.2) is 54.6 Å². The second kappa shape index (κ2) is 15.8. The molecule has 2 aromatic carbocycles. The van der Waals surface area contributed by atoms with Gasteiger partial charge in [0.2, 0.25) is 5.91 Å². The SMILES string of the molecule is CCCCCCCOc1ccc(NC(=S)NC(=O)CCC(=O)OCCc2ccccc2)cc1. The summed E-state index contributed by atoms with van der Waals surface area (Å²) in [6, 6.07) is 17.2. The summed E-state index contributed by atoms with van der Waals surface area (Å²) in [5.74, 6) is 0.0632. The maximum absolute atomic E-state index is 12.0. The van der Waals surface area contributed by atoms with E-state index in [1.165, 1.54) is 25.7 Å². The molecule has 0 fully saturated rings. The van der Waals surface area contributed by atoms with Gasteiger partial charge in [-0.2, -0.15) is 0 Å². The first-order chi connectivity index (χ1) is 16.1. The van der Waals surface area contributed by atoms with Gasteiger partial charge in [0.05, 0.1) is 19.6 Å². The highest BCUT2D eigenvalue weighted by atomic mass is 32.1. The molecule has 0 aliphatic rings. The average molecular weight is 471 g/mol. The first-order valence-corrected chi connectivity index (χ1v) is 12.0. The Morgan fingerprint density at radius 1 is 0.879 bits per heavy atom. The fourth-order valence-corrected chi connectivity index (χ4v) is 3.33. The molecule has 2 aromatic rings. The third kappa shape index (κ3) is 12.0. The predicted octanol–water partition coefficient (Wildman–Crippen LogP) is 5.41. The molecule has 0 saturated heterocycles. The molecule has 0 radical (unpaired) electrons. The Kier molecular flexibility index (Phi) is 12.6. The summed E-state index contributed by atoms with van der Waals surface area (Å²) in [5, 5.41) is 5.72. The van der Waals surface area contributed by atoms with Gasteiger partial charge < -0.3 is 20.1 Å². The molecule has 0 aliphatic carbocycles. The van der Waals surface area contributed by atoms with Crippen LogP contribution >= 0.6 is 12.2 Å². The third-order valence-electron chi connectivity index (χ3n) is 4.93. The minimum Gasteiger partial charge on any atom is -0.494 e. The monoisotopic (exact) mass is 470 g/mol. The molecule has 2 rings (SSSR count). The molecule has 7 heteroatoms. The van der Waals surface area contributed by atoms with Crippen molar-refractivity contribution < 1.29 is 19.1 Å². The Balaban J connectivity index is 1.58. The van der Waals surface area contributed by atoms with E-state index in [9.17, 15) is 9.59 Å². The number of thiocarbonyl (C=S) groups is 1. The molecule has 0 atom stereocenters. The Morgan fingerprint density at radius 2 is 1.61 bits per heavy atom. The maximum atomic E-state index is 12.0. The lowest BCUT2D eigenvalue weighted by Gasteiger charge is -2.11. The zero-order chi connectivity index (χ0) is 23.7. The van der Waals surface area contributed by atoms with E-state index in [1.807, 2.05) is 54.6 Å². The zero-order valence-corrected chi connectivity index (χ0v) is 20.1. The standard InChI is InChI=1S/C26H34N2O4S/c1-2-3-4-5-9-19-31-23-14-12-22(13-15-23)27-26(33)28-24(29)16-17-25(30)32-20-18-21-10-7-6-8-11-21/h6-8,10-15H,2-5,9,16-20H2,1H3,(H2,27,28,29,33). The molecule has 0 aromatic heterocycles. The summed E-state index contributed by atoms with van der Waals surface area (Å²) < 4.78 is 10.9. The number of esters is 1. The number of rotatable bonds is 14. The van der Waals surface area contributed by atoms with Crippen molar-refractivity contribution in [2.24, 2.45) is 0 Å². The van der Waals surface area contributed by atoms with Crippen molar-refractivity contribution >= 4 is 34.9 Å². The van der Waals surface area contributed by atoms with Gasteiger partial charge in [-0.15, -0.1) is 0 Å². The van der Waals surface area contributed by atoms with Crippen LogP contribution < -0.4 is 15.4 Å². The summed E-state index contributed by atoms with van der Waals surface area (Å²) in [6.45, 7) is 3.21. The molecule has 0 bridgehead atoms. The van der Waals surface area contributed by atoms with Crippen molar-refractivity contribution in [3.05, 3.63) is 60.2 Å². The smallest absolute Gasteiger partial charge is 0.306 e. The fourth-order valence-electron chi connectivity index (χ4n) is 3.10. The van der Waals surface area contributed by atoms with Gasteiger partial charge in [-0.3, -0.25) is 9.59 Å². The molecule has 2 N–H and O–H groups in total. The highest BCUT2D eigenvalue weighted by Gasteiger charge is 2.10. The number of unbranched alkanes of at least 4 members (excludes halogenated alkanes) is 4. The van der Waals surface area contributed by atoms with Crippen LogP contribution in [0.2, 0.25) is 0 Å². The summed E-state index contributed by atoms with van der Waals surface area (Å²) in [7, 11) is 0. The molecule has 6 nitrogen and oxygen atoms in total. The Hall–Kier alpha value is -2.93. The Morgan fingerprint density at radius 3 is 2.33 bits per heavy atom. The van der Waals surface area contributed by atoms with Crippen LogP contribution in [0, 0.1) is 0 Å². The van der Waals surface area contributed by atoms with Crippen molar-refractivity contribution in [3.8, 4) is 5.75 Å².